The van der Waals surface area contributed by atoms with Crippen LogP contribution in [0.15, 0.2) is 59.0 Å². The van der Waals surface area contributed by atoms with Gasteiger partial charge in [-0.2, -0.15) is 0 Å². The van der Waals surface area contributed by atoms with Gasteiger partial charge in [0.1, 0.15) is 11.2 Å². The number of hydrogen-bond donors (Lipinski definition) is 0. The first kappa shape index (κ1) is 15.3. The van der Waals surface area contributed by atoms with Crippen molar-refractivity contribution in [1.29, 1.82) is 0 Å². The fraction of sp³-hybridized carbons (Fsp3) is 0.280. The summed E-state index contributed by atoms with van der Waals surface area (Å²) >= 11 is 0. The van der Waals surface area contributed by atoms with Crippen molar-refractivity contribution in [2.75, 3.05) is 0 Å². The van der Waals surface area contributed by atoms with Crippen LogP contribution in [0.25, 0.3) is 43.7 Å². The molecule has 1 fully saturated rings. The van der Waals surface area contributed by atoms with Gasteiger partial charge in [0.2, 0.25) is 0 Å². The molecule has 2 heterocycles. The van der Waals surface area contributed by atoms with E-state index in [2.05, 4.69) is 66.2 Å². The molecule has 2 nitrogen and oxygen atoms in total. The molecule has 0 bridgehead atoms. The molecule has 1 aliphatic carbocycles. The molecule has 0 atom stereocenters. The van der Waals surface area contributed by atoms with Gasteiger partial charge in [0.15, 0.2) is 0 Å². The first-order chi connectivity index (χ1) is 13.3. The van der Waals surface area contributed by atoms with Crippen LogP contribution < -0.4 is 0 Å². The average molecular weight is 353 g/mol. The number of rotatable bonds is 1. The first-order valence-electron chi connectivity index (χ1n) is 10.1. The summed E-state index contributed by atoms with van der Waals surface area (Å²) in [5.41, 5.74) is 6.04. The van der Waals surface area contributed by atoms with E-state index in [0.29, 0.717) is 5.92 Å². The molecule has 6 rings (SSSR count). The quantitative estimate of drug-likeness (QED) is 0.310. The second kappa shape index (κ2) is 5.63. The number of hydrogen-bond acceptors (Lipinski definition) is 1. The number of benzene rings is 3. The Balaban J connectivity index is 1.68. The van der Waals surface area contributed by atoms with Gasteiger partial charge in [-0.05, 0) is 36.5 Å². The second-order valence-corrected chi connectivity index (χ2v) is 8.10. The monoisotopic (exact) mass is 353 g/mol. The molecule has 0 spiro atoms. The minimum atomic E-state index is 0.651. The Morgan fingerprint density at radius 3 is 2.48 bits per heavy atom. The fourth-order valence-corrected chi connectivity index (χ4v) is 5.21. The van der Waals surface area contributed by atoms with Crippen molar-refractivity contribution in [2.45, 2.75) is 38.0 Å². The normalized spacial score (nSPS) is 16.2. The highest BCUT2D eigenvalue weighted by Gasteiger charge is 2.21. The molecule has 0 unspecified atom stereocenters. The van der Waals surface area contributed by atoms with Crippen LogP contribution in [0.1, 0.15) is 43.6 Å². The second-order valence-electron chi connectivity index (χ2n) is 8.10. The maximum Gasteiger partial charge on any atom is 0.138 e. The van der Waals surface area contributed by atoms with E-state index in [0.717, 1.165) is 11.2 Å². The third kappa shape index (κ3) is 2.13. The van der Waals surface area contributed by atoms with Crippen LogP contribution in [0.3, 0.4) is 0 Å². The number of aryl methyl sites for hydroxylation is 1. The van der Waals surface area contributed by atoms with E-state index in [1.165, 1.54) is 70.2 Å². The Hall–Kier alpha value is -2.74. The SMILES string of the molecule is Cn1c2ccccc2c2cc3c(cc21)oc1c(C2CCCCC2)cccc13. The summed E-state index contributed by atoms with van der Waals surface area (Å²) in [6.07, 6.45) is 6.66. The number of aromatic nitrogens is 1. The van der Waals surface area contributed by atoms with Gasteiger partial charge in [-0.1, -0.05) is 55.7 Å². The highest BCUT2D eigenvalue weighted by Crippen LogP contribution is 2.41. The zero-order valence-electron chi connectivity index (χ0n) is 15.7. The van der Waals surface area contributed by atoms with Gasteiger partial charge < -0.3 is 8.98 Å². The Bertz CT molecular complexity index is 1310. The van der Waals surface area contributed by atoms with E-state index in [9.17, 15) is 0 Å². The fourth-order valence-electron chi connectivity index (χ4n) is 5.21. The van der Waals surface area contributed by atoms with E-state index >= 15 is 0 Å². The van der Waals surface area contributed by atoms with Crippen molar-refractivity contribution < 1.29 is 4.42 Å². The van der Waals surface area contributed by atoms with Gasteiger partial charge in [0, 0.05) is 40.2 Å². The minimum Gasteiger partial charge on any atom is -0.456 e. The lowest BCUT2D eigenvalue weighted by atomic mass is 9.83. The number of fused-ring (bicyclic) bond motifs is 6. The van der Waals surface area contributed by atoms with Crippen molar-refractivity contribution in [3.8, 4) is 0 Å². The third-order valence-electron chi connectivity index (χ3n) is 6.61. The summed E-state index contributed by atoms with van der Waals surface area (Å²) in [7, 11) is 2.15. The van der Waals surface area contributed by atoms with Gasteiger partial charge in [-0.3, -0.25) is 0 Å². The Kier molecular flexibility index (Phi) is 3.19. The molecule has 27 heavy (non-hydrogen) atoms. The summed E-state index contributed by atoms with van der Waals surface area (Å²) < 4.78 is 8.76. The molecule has 0 aliphatic heterocycles. The van der Waals surface area contributed by atoms with Crippen LogP contribution in [0.4, 0.5) is 0 Å². The average Bonchev–Trinajstić information content (AvgIpc) is 3.23. The molecule has 2 aromatic heterocycles. The molecule has 2 heteroatoms. The van der Waals surface area contributed by atoms with Gasteiger partial charge in [-0.25, -0.2) is 0 Å². The van der Waals surface area contributed by atoms with Gasteiger partial charge in [0.05, 0.1) is 5.52 Å². The molecular formula is C25H23NO. The lowest BCUT2D eigenvalue weighted by molar-refractivity contribution is 0.442. The van der Waals surface area contributed by atoms with E-state index in [1.54, 1.807) is 0 Å². The molecule has 0 N–H and O–H groups in total. The van der Waals surface area contributed by atoms with Gasteiger partial charge >= 0.3 is 0 Å². The van der Waals surface area contributed by atoms with Crippen LogP contribution in [0.2, 0.25) is 0 Å². The minimum absolute atomic E-state index is 0.651. The first-order valence-corrected chi connectivity index (χ1v) is 10.1. The molecule has 3 aromatic carbocycles. The summed E-state index contributed by atoms with van der Waals surface area (Å²) in [5, 5.41) is 5.13. The Morgan fingerprint density at radius 2 is 1.59 bits per heavy atom. The largest absolute Gasteiger partial charge is 0.456 e. The smallest absolute Gasteiger partial charge is 0.138 e. The Morgan fingerprint density at radius 1 is 0.778 bits per heavy atom. The number of para-hydroxylation sites is 2. The molecule has 134 valence electrons. The summed E-state index contributed by atoms with van der Waals surface area (Å²) in [5.74, 6) is 0.651. The van der Waals surface area contributed by atoms with Crippen LogP contribution in [0, 0.1) is 0 Å². The predicted octanol–water partition coefficient (Wildman–Crippen LogP) is 7.28. The topological polar surface area (TPSA) is 18.1 Å². The summed E-state index contributed by atoms with van der Waals surface area (Å²) in [6.45, 7) is 0. The van der Waals surface area contributed by atoms with Crippen LogP contribution in [-0.2, 0) is 7.05 Å². The lowest BCUT2D eigenvalue weighted by Gasteiger charge is -2.21. The zero-order valence-corrected chi connectivity index (χ0v) is 15.7. The van der Waals surface area contributed by atoms with E-state index in [1.807, 2.05) is 0 Å². The Labute approximate surface area is 158 Å². The summed E-state index contributed by atoms with van der Waals surface area (Å²) in [6, 6.07) is 19.9. The van der Waals surface area contributed by atoms with Gasteiger partial charge in [-0.15, -0.1) is 0 Å². The lowest BCUT2D eigenvalue weighted by Crippen LogP contribution is -2.04. The van der Waals surface area contributed by atoms with Crippen molar-refractivity contribution in [3.63, 3.8) is 0 Å². The van der Waals surface area contributed by atoms with E-state index in [4.69, 9.17) is 4.42 Å². The molecule has 0 saturated heterocycles. The molecule has 0 amide bonds. The highest BCUT2D eigenvalue weighted by atomic mass is 16.3. The standard InChI is InChI=1S/C25H23NO/c1-26-22-13-6-5-10-18(22)20-14-21-19-12-7-11-17(16-8-3-2-4-9-16)25(19)27-24(21)15-23(20)26/h5-7,10-16H,2-4,8-9H2,1H3. The van der Waals surface area contributed by atoms with Crippen LogP contribution in [0.5, 0.6) is 0 Å². The van der Waals surface area contributed by atoms with Crippen molar-refractivity contribution in [2.24, 2.45) is 7.05 Å². The van der Waals surface area contributed by atoms with Crippen LogP contribution in [-0.4, -0.2) is 4.57 Å². The zero-order chi connectivity index (χ0) is 18.0. The maximum absolute atomic E-state index is 6.48. The molecule has 0 radical (unpaired) electrons. The van der Waals surface area contributed by atoms with Crippen molar-refractivity contribution in [3.05, 3.63) is 60.2 Å². The van der Waals surface area contributed by atoms with Crippen LogP contribution >= 0.6 is 0 Å². The van der Waals surface area contributed by atoms with Gasteiger partial charge in [0.25, 0.3) is 0 Å². The van der Waals surface area contributed by atoms with E-state index in [-0.39, 0.29) is 0 Å². The number of furan rings is 1. The van der Waals surface area contributed by atoms with Crippen molar-refractivity contribution in [1.82, 2.24) is 4.57 Å². The highest BCUT2D eigenvalue weighted by molar-refractivity contribution is 6.16. The molecular weight excluding hydrogens is 330 g/mol. The third-order valence-corrected chi connectivity index (χ3v) is 6.61. The molecule has 1 aliphatic rings. The molecule has 1 saturated carbocycles. The van der Waals surface area contributed by atoms with E-state index < -0.39 is 0 Å². The maximum atomic E-state index is 6.48. The summed E-state index contributed by atoms with van der Waals surface area (Å²) in [4.78, 5) is 0. The predicted molar refractivity (Wildman–Crippen MR) is 114 cm³/mol. The number of nitrogens with zero attached hydrogens (tertiary/aromatic N) is 1. The molecule has 5 aromatic rings. The van der Waals surface area contributed by atoms with Crippen molar-refractivity contribution >= 4 is 43.7 Å².